The Morgan fingerprint density at radius 2 is 1.83 bits per heavy atom. The standard InChI is InChI=1S/C22H17N3O3S/c26-22(23-15-8-9-18-19(13-15)28-11-10-27-18)17-14-25(16-5-2-1-3-6-16)24-21(17)20-7-4-12-29-20/h1-9,12-14H,10-11H2,(H,23,26). The third-order valence-electron chi connectivity index (χ3n) is 4.53. The highest BCUT2D eigenvalue weighted by molar-refractivity contribution is 7.13. The van der Waals surface area contributed by atoms with E-state index in [1.54, 1.807) is 40.4 Å². The summed E-state index contributed by atoms with van der Waals surface area (Å²) in [7, 11) is 0. The highest BCUT2D eigenvalue weighted by Crippen LogP contribution is 2.33. The number of ether oxygens (including phenoxy) is 2. The zero-order valence-electron chi connectivity index (χ0n) is 15.4. The summed E-state index contributed by atoms with van der Waals surface area (Å²) in [6.45, 7) is 1.03. The minimum Gasteiger partial charge on any atom is -0.486 e. The van der Waals surface area contributed by atoms with E-state index in [9.17, 15) is 4.79 Å². The Hall–Kier alpha value is -3.58. The Balaban J connectivity index is 1.49. The molecule has 1 aliphatic rings. The van der Waals surface area contributed by atoms with Gasteiger partial charge in [0.25, 0.3) is 5.91 Å². The van der Waals surface area contributed by atoms with Crippen LogP contribution >= 0.6 is 11.3 Å². The van der Waals surface area contributed by atoms with Crippen molar-refractivity contribution in [2.75, 3.05) is 18.5 Å². The lowest BCUT2D eigenvalue weighted by atomic mass is 10.2. The SMILES string of the molecule is O=C(Nc1ccc2c(c1)OCCO2)c1cn(-c2ccccc2)nc1-c1cccs1. The van der Waals surface area contributed by atoms with E-state index < -0.39 is 0 Å². The molecule has 0 bridgehead atoms. The van der Waals surface area contributed by atoms with Gasteiger partial charge in [0.2, 0.25) is 0 Å². The lowest BCUT2D eigenvalue weighted by Crippen LogP contribution is -2.16. The third kappa shape index (κ3) is 3.48. The molecule has 2 aromatic heterocycles. The molecule has 1 aliphatic heterocycles. The number of carbonyl (C=O) groups excluding carboxylic acids is 1. The summed E-state index contributed by atoms with van der Waals surface area (Å²) < 4.78 is 12.9. The fraction of sp³-hybridized carbons (Fsp3) is 0.0909. The number of nitrogens with zero attached hydrogens (tertiary/aromatic N) is 2. The Morgan fingerprint density at radius 3 is 2.62 bits per heavy atom. The molecule has 0 fully saturated rings. The zero-order valence-corrected chi connectivity index (χ0v) is 16.2. The molecule has 0 saturated carbocycles. The summed E-state index contributed by atoms with van der Waals surface area (Å²) in [5.74, 6) is 1.09. The second-order valence-electron chi connectivity index (χ2n) is 6.46. The molecule has 144 valence electrons. The average Bonchev–Trinajstić information content (AvgIpc) is 3.44. The molecule has 4 aromatic rings. The largest absolute Gasteiger partial charge is 0.486 e. The highest BCUT2D eigenvalue weighted by Gasteiger charge is 2.20. The maximum absolute atomic E-state index is 13.1. The number of nitrogens with one attached hydrogen (secondary N) is 1. The van der Waals surface area contributed by atoms with Gasteiger partial charge in [0, 0.05) is 18.0 Å². The molecular formula is C22H17N3O3S. The van der Waals surface area contributed by atoms with Crippen LogP contribution in [0, 0.1) is 0 Å². The summed E-state index contributed by atoms with van der Waals surface area (Å²) in [6.07, 6.45) is 1.76. The summed E-state index contributed by atoms with van der Waals surface area (Å²) in [4.78, 5) is 14.0. The van der Waals surface area contributed by atoms with E-state index in [1.165, 1.54) is 0 Å². The second kappa shape index (κ2) is 7.44. The molecule has 5 rings (SSSR count). The highest BCUT2D eigenvalue weighted by atomic mass is 32.1. The summed E-state index contributed by atoms with van der Waals surface area (Å²) in [5.41, 5.74) is 2.69. The molecule has 1 N–H and O–H groups in total. The van der Waals surface area contributed by atoms with Crippen LogP contribution in [0.1, 0.15) is 10.4 Å². The van der Waals surface area contributed by atoms with Gasteiger partial charge in [-0.2, -0.15) is 5.10 Å². The number of benzene rings is 2. The first-order valence-electron chi connectivity index (χ1n) is 9.18. The van der Waals surface area contributed by atoms with Crippen LogP contribution in [0.25, 0.3) is 16.3 Å². The molecule has 6 nitrogen and oxygen atoms in total. The Bertz CT molecular complexity index is 1150. The quantitative estimate of drug-likeness (QED) is 0.540. The first kappa shape index (κ1) is 17.5. The maximum Gasteiger partial charge on any atom is 0.259 e. The van der Waals surface area contributed by atoms with E-state index in [0.29, 0.717) is 41.7 Å². The monoisotopic (exact) mass is 403 g/mol. The lowest BCUT2D eigenvalue weighted by Gasteiger charge is -2.19. The number of para-hydroxylation sites is 1. The van der Waals surface area contributed by atoms with Gasteiger partial charge in [-0.15, -0.1) is 11.3 Å². The van der Waals surface area contributed by atoms with Gasteiger partial charge >= 0.3 is 0 Å². The van der Waals surface area contributed by atoms with Crippen molar-refractivity contribution in [3.05, 3.63) is 77.8 Å². The molecule has 29 heavy (non-hydrogen) atoms. The predicted molar refractivity (Wildman–Crippen MR) is 112 cm³/mol. The number of hydrogen-bond donors (Lipinski definition) is 1. The maximum atomic E-state index is 13.1. The predicted octanol–water partition coefficient (Wildman–Crippen LogP) is 4.62. The van der Waals surface area contributed by atoms with E-state index in [0.717, 1.165) is 10.6 Å². The van der Waals surface area contributed by atoms with Crippen molar-refractivity contribution in [1.29, 1.82) is 0 Å². The van der Waals surface area contributed by atoms with Crippen molar-refractivity contribution in [2.24, 2.45) is 0 Å². The molecule has 0 spiro atoms. The molecule has 0 unspecified atom stereocenters. The van der Waals surface area contributed by atoms with Crippen LogP contribution in [-0.4, -0.2) is 28.9 Å². The number of hydrogen-bond acceptors (Lipinski definition) is 5. The topological polar surface area (TPSA) is 65.4 Å². The first-order valence-corrected chi connectivity index (χ1v) is 10.1. The second-order valence-corrected chi connectivity index (χ2v) is 7.41. The lowest BCUT2D eigenvalue weighted by molar-refractivity contribution is 0.102. The molecule has 0 radical (unpaired) electrons. The van der Waals surface area contributed by atoms with E-state index in [2.05, 4.69) is 10.4 Å². The molecule has 0 aliphatic carbocycles. The van der Waals surface area contributed by atoms with Gasteiger partial charge in [0.1, 0.15) is 18.9 Å². The van der Waals surface area contributed by atoms with Crippen molar-refractivity contribution in [1.82, 2.24) is 9.78 Å². The normalized spacial score (nSPS) is 12.6. The zero-order chi connectivity index (χ0) is 19.6. The van der Waals surface area contributed by atoms with Crippen LogP contribution < -0.4 is 14.8 Å². The van der Waals surface area contributed by atoms with E-state index in [4.69, 9.17) is 9.47 Å². The van der Waals surface area contributed by atoms with Crippen LogP contribution in [0.4, 0.5) is 5.69 Å². The van der Waals surface area contributed by atoms with Crippen LogP contribution in [0.15, 0.2) is 72.2 Å². The Morgan fingerprint density at radius 1 is 1.00 bits per heavy atom. The molecule has 2 aromatic carbocycles. The smallest absolute Gasteiger partial charge is 0.259 e. The number of thiophene rings is 1. The fourth-order valence-electron chi connectivity index (χ4n) is 3.17. The van der Waals surface area contributed by atoms with Crippen molar-refractivity contribution in [3.63, 3.8) is 0 Å². The van der Waals surface area contributed by atoms with Crippen molar-refractivity contribution < 1.29 is 14.3 Å². The summed E-state index contributed by atoms with van der Waals surface area (Å²) in [6, 6.07) is 19.0. The van der Waals surface area contributed by atoms with E-state index in [1.807, 2.05) is 47.8 Å². The van der Waals surface area contributed by atoms with Gasteiger partial charge < -0.3 is 14.8 Å². The number of carbonyl (C=O) groups is 1. The number of amides is 1. The summed E-state index contributed by atoms with van der Waals surface area (Å²) in [5, 5.41) is 9.60. The third-order valence-corrected chi connectivity index (χ3v) is 5.41. The van der Waals surface area contributed by atoms with Gasteiger partial charge in [-0.05, 0) is 35.7 Å². The van der Waals surface area contributed by atoms with E-state index >= 15 is 0 Å². The minimum absolute atomic E-state index is 0.229. The molecule has 0 saturated heterocycles. The van der Waals surface area contributed by atoms with Crippen LogP contribution in [0.2, 0.25) is 0 Å². The fourth-order valence-corrected chi connectivity index (χ4v) is 3.89. The molecule has 1 amide bonds. The van der Waals surface area contributed by atoms with Crippen molar-refractivity contribution in [2.45, 2.75) is 0 Å². The number of rotatable bonds is 4. The molecule has 3 heterocycles. The van der Waals surface area contributed by atoms with Gasteiger partial charge in [0.05, 0.1) is 16.1 Å². The Labute approximate surface area is 171 Å². The van der Waals surface area contributed by atoms with Crippen LogP contribution in [0.3, 0.4) is 0 Å². The molecule has 7 heteroatoms. The van der Waals surface area contributed by atoms with Gasteiger partial charge in [0.15, 0.2) is 11.5 Å². The van der Waals surface area contributed by atoms with Crippen LogP contribution in [0.5, 0.6) is 11.5 Å². The van der Waals surface area contributed by atoms with Gasteiger partial charge in [-0.25, -0.2) is 4.68 Å². The summed E-state index contributed by atoms with van der Waals surface area (Å²) >= 11 is 1.55. The van der Waals surface area contributed by atoms with Gasteiger partial charge in [-0.3, -0.25) is 4.79 Å². The van der Waals surface area contributed by atoms with Crippen molar-refractivity contribution in [3.8, 4) is 27.8 Å². The first-order chi connectivity index (χ1) is 14.3. The number of anilines is 1. The van der Waals surface area contributed by atoms with E-state index in [-0.39, 0.29) is 5.91 Å². The Kier molecular flexibility index (Phi) is 4.50. The molecular weight excluding hydrogens is 386 g/mol. The average molecular weight is 403 g/mol. The van der Waals surface area contributed by atoms with Crippen LogP contribution in [-0.2, 0) is 0 Å². The number of aromatic nitrogens is 2. The number of fused-ring (bicyclic) bond motifs is 1. The minimum atomic E-state index is -0.229. The van der Waals surface area contributed by atoms with Gasteiger partial charge in [-0.1, -0.05) is 24.3 Å². The van der Waals surface area contributed by atoms with Crippen molar-refractivity contribution >= 4 is 22.9 Å². The molecule has 0 atom stereocenters.